The van der Waals surface area contributed by atoms with Crippen LogP contribution in [0.1, 0.15) is 50.5 Å². The Hall–Kier alpha value is -1.10. The zero-order valence-electron chi connectivity index (χ0n) is 11.4. The molecule has 5 rings (SSSR count). The Morgan fingerprint density at radius 1 is 1.21 bits per heavy atom. The maximum absolute atomic E-state index is 5.85. The Morgan fingerprint density at radius 3 is 2.21 bits per heavy atom. The van der Waals surface area contributed by atoms with Gasteiger partial charge >= 0.3 is 0 Å². The molecule has 1 atom stereocenters. The fourth-order valence-corrected chi connectivity index (χ4v) is 5.56. The molecule has 4 aliphatic carbocycles. The van der Waals surface area contributed by atoms with Crippen molar-refractivity contribution >= 4 is 5.95 Å². The maximum atomic E-state index is 5.85. The van der Waals surface area contributed by atoms with Crippen molar-refractivity contribution in [1.82, 2.24) is 15.2 Å². The standard InChI is InChI=1S/C14H22N4O/c1-19-11(12-16-13(15)18-17-12)14-5-8-2-9(6-14)4-10(3-8)7-14/h8-11H,2-7H2,1H3,(H3,15,16,17,18). The van der Waals surface area contributed by atoms with Gasteiger partial charge in [-0.25, -0.2) is 0 Å². The molecule has 1 aromatic rings. The molecule has 104 valence electrons. The predicted molar refractivity (Wildman–Crippen MR) is 71.2 cm³/mol. The summed E-state index contributed by atoms with van der Waals surface area (Å²) in [5.74, 6) is 3.86. The van der Waals surface area contributed by atoms with E-state index in [1.54, 1.807) is 7.11 Å². The van der Waals surface area contributed by atoms with E-state index in [0.29, 0.717) is 5.95 Å². The SMILES string of the molecule is COC(c1nc(N)n[nH]1)C12CC3CC(CC(C3)C1)C2. The highest BCUT2D eigenvalue weighted by Crippen LogP contribution is 2.64. The summed E-state index contributed by atoms with van der Waals surface area (Å²) in [6.07, 6.45) is 8.22. The highest BCUT2D eigenvalue weighted by molar-refractivity contribution is 5.17. The van der Waals surface area contributed by atoms with Crippen molar-refractivity contribution in [3.8, 4) is 0 Å². The number of nitrogens with two attached hydrogens (primary N) is 1. The molecule has 4 bridgehead atoms. The lowest BCUT2D eigenvalue weighted by molar-refractivity contribution is -0.136. The van der Waals surface area contributed by atoms with Crippen LogP contribution in [0.5, 0.6) is 0 Å². The van der Waals surface area contributed by atoms with Crippen LogP contribution in [0.4, 0.5) is 5.95 Å². The van der Waals surface area contributed by atoms with Crippen molar-refractivity contribution in [3.05, 3.63) is 5.82 Å². The third-order valence-electron chi connectivity index (χ3n) is 5.65. The number of aromatic nitrogens is 3. The Morgan fingerprint density at radius 2 is 1.79 bits per heavy atom. The molecule has 4 aliphatic rings. The predicted octanol–water partition coefficient (Wildman–Crippen LogP) is 2.29. The maximum Gasteiger partial charge on any atom is 0.239 e. The van der Waals surface area contributed by atoms with E-state index in [9.17, 15) is 0 Å². The minimum absolute atomic E-state index is 0.0331. The molecule has 0 spiro atoms. The molecule has 4 saturated carbocycles. The molecule has 1 aromatic heterocycles. The van der Waals surface area contributed by atoms with E-state index in [0.717, 1.165) is 23.6 Å². The smallest absolute Gasteiger partial charge is 0.239 e. The number of rotatable bonds is 3. The fourth-order valence-electron chi connectivity index (χ4n) is 5.56. The summed E-state index contributed by atoms with van der Waals surface area (Å²) in [5, 5.41) is 6.94. The lowest BCUT2D eigenvalue weighted by Crippen LogP contribution is -2.49. The first-order valence-corrected chi connectivity index (χ1v) is 7.39. The van der Waals surface area contributed by atoms with Crippen LogP contribution in [0.15, 0.2) is 0 Å². The number of hydrogen-bond donors (Lipinski definition) is 2. The molecular weight excluding hydrogens is 240 g/mol. The van der Waals surface area contributed by atoms with Crippen LogP contribution >= 0.6 is 0 Å². The average Bonchev–Trinajstić information content (AvgIpc) is 2.74. The largest absolute Gasteiger partial charge is 0.373 e. The third-order valence-corrected chi connectivity index (χ3v) is 5.65. The molecule has 4 fully saturated rings. The Bertz CT molecular complexity index is 448. The van der Waals surface area contributed by atoms with Crippen LogP contribution in [0.25, 0.3) is 0 Å². The first kappa shape index (κ1) is 11.7. The molecule has 5 nitrogen and oxygen atoms in total. The van der Waals surface area contributed by atoms with Crippen LogP contribution in [0, 0.1) is 23.2 Å². The summed E-state index contributed by atoms with van der Waals surface area (Å²) >= 11 is 0. The number of H-pyrrole nitrogens is 1. The summed E-state index contributed by atoms with van der Waals surface area (Å²) in [4.78, 5) is 4.33. The van der Waals surface area contributed by atoms with Crippen LogP contribution < -0.4 is 5.73 Å². The molecule has 0 amide bonds. The van der Waals surface area contributed by atoms with Crippen molar-refractivity contribution in [2.75, 3.05) is 12.8 Å². The van der Waals surface area contributed by atoms with E-state index in [1.807, 2.05) is 0 Å². The minimum Gasteiger partial charge on any atom is -0.373 e. The summed E-state index contributed by atoms with van der Waals surface area (Å²) in [6.45, 7) is 0. The molecular formula is C14H22N4O. The van der Waals surface area contributed by atoms with Gasteiger partial charge in [0.05, 0.1) is 0 Å². The van der Waals surface area contributed by atoms with Gasteiger partial charge in [0.2, 0.25) is 5.95 Å². The number of anilines is 1. The topological polar surface area (TPSA) is 76.8 Å². The molecule has 3 N–H and O–H groups in total. The van der Waals surface area contributed by atoms with Crippen molar-refractivity contribution in [3.63, 3.8) is 0 Å². The lowest BCUT2D eigenvalue weighted by atomic mass is 9.48. The molecule has 0 aliphatic heterocycles. The fraction of sp³-hybridized carbons (Fsp3) is 0.857. The van der Waals surface area contributed by atoms with Gasteiger partial charge in [-0.05, 0) is 56.3 Å². The van der Waals surface area contributed by atoms with Gasteiger partial charge in [-0.15, -0.1) is 5.10 Å². The van der Waals surface area contributed by atoms with Crippen molar-refractivity contribution in [2.45, 2.75) is 44.6 Å². The van der Waals surface area contributed by atoms with Crippen molar-refractivity contribution in [2.24, 2.45) is 23.2 Å². The molecule has 1 heterocycles. The van der Waals surface area contributed by atoms with E-state index in [1.165, 1.54) is 38.5 Å². The van der Waals surface area contributed by atoms with Crippen LogP contribution in [-0.2, 0) is 4.74 Å². The van der Waals surface area contributed by atoms with E-state index in [4.69, 9.17) is 10.5 Å². The molecule has 1 unspecified atom stereocenters. The Labute approximate surface area is 113 Å². The zero-order valence-corrected chi connectivity index (χ0v) is 11.4. The number of methoxy groups -OCH3 is 1. The van der Waals surface area contributed by atoms with Crippen LogP contribution in [-0.4, -0.2) is 22.3 Å². The summed E-state index contributed by atoms with van der Waals surface area (Å²) in [6, 6.07) is 0. The first-order valence-electron chi connectivity index (χ1n) is 7.39. The Balaban J connectivity index is 1.69. The van der Waals surface area contributed by atoms with Crippen LogP contribution in [0.3, 0.4) is 0 Å². The highest BCUT2D eigenvalue weighted by atomic mass is 16.5. The van der Waals surface area contributed by atoms with Gasteiger partial charge in [0.1, 0.15) is 6.10 Å². The quantitative estimate of drug-likeness (QED) is 0.876. The zero-order chi connectivity index (χ0) is 13.0. The van der Waals surface area contributed by atoms with Gasteiger partial charge in [-0.2, -0.15) is 4.98 Å². The minimum atomic E-state index is 0.0331. The summed E-state index contributed by atoms with van der Waals surface area (Å²) in [5.41, 5.74) is 5.93. The number of nitrogen functional groups attached to an aromatic ring is 1. The van der Waals surface area contributed by atoms with E-state index in [-0.39, 0.29) is 11.5 Å². The van der Waals surface area contributed by atoms with Gasteiger partial charge in [-0.1, -0.05) is 0 Å². The van der Waals surface area contributed by atoms with Gasteiger partial charge in [0.15, 0.2) is 5.82 Å². The molecule has 19 heavy (non-hydrogen) atoms. The summed E-state index contributed by atoms with van der Waals surface area (Å²) in [7, 11) is 1.79. The van der Waals surface area contributed by atoms with Crippen molar-refractivity contribution < 1.29 is 4.74 Å². The third kappa shape index (κ3) is 1.71. The second kappa shape index (κ2) is 3.95. The number of aromatic amines is 1. The van der Waals surface area contributed by atoms with E-state index >= 15 is 0 Å². The van der Waals surface area contributed by atoms with Gasteiger partial charge in [-0.3, -0.25) is 5.10 Å². The molecule has 5 heteroatoms. The summed E-state index contributed by atoms with van der Waals surface area (Å²) < 4.78 is 5.85. The molecule has 0 saturated heterocycles. The second-order valence-corrected chi connectivity index (χ2v) is 6.97. The number of nitrogens with zero attached hydrogens (tertiary/aromatic N) is 2. The molecule has 0 aromatic carbocycles. The van der Waals surface area contributed by atoms with E-state index in [2.05, 4.69) is 15.2 Å². The van der Waals surface area contributed by atoms with E-state index < -0.39 is 0 Å². The van der Waals surface area contributed by atoms with Gasteiger partial charge in [0.25, 0.3) is 0 Å². The number of nitrogens with one attached hydrogen (secondary N) is 1. The molecule has 0 radical (unpaired) electrons. The lowest BCUT2D eigenvalue weighted by Gasteiger charge is -2.58. The second-order valence-electron chi connectivity index (χ2n) is 6.97. The number of ether oxygens (including phenoxy) is 1. The normalized spacial score (nSPS) is 41.6. The highest BCUT2D eigenvalue weighted by Gasteiger charge is 2.55. The average molecular weight is 262 g/mol. The van der Waals surface area contributed by atoms with Gasteiger partial charge in [0, 0.05) is 12.5 Å². The Kier molecular flexibility index (Phi) is 2.43. The monoisotopic (exact) mass is 262 g/mol. The van der Waals surface area contributed by atoms with Crippen LogP contribution in [0.2, 0.25) is 0 Å². The van der Waals surface area contributed by atoms with Crippen molar-refractivity contribution in [1.29, 1.82) is 0 Å². The van der Waals surface area contributed by atoms with Gasteiger partial charge < -0.3 is 10.5 Å². The number of hydrogen-bond acceptors (Lipinski definition) is 4. The first-order chi connectivity index (χ1) is 9.18.